The van der Waals surface area contributed by atoms with Gasteiger partial charge in [0, 0.05) is 0 Å². The predicted octanol–water partition coefficient (Wildman–Crippen LogP) is 4.00. The third-order valence-corrected chi connectivity index (χ3v) is 4.33. The predicted molar refractivity (Wildman–Crippen MR) is 53.1 cm³/mol. The van der Waals surface area contributed by atoms with Gasteiger partial charge in [-0.25, -0.2) is 0 Å². The summed E-state index contributed by atoms with van der Waals surface area (Å²) in [5.74, 6) is 1.99. The van der Waals surface area contributed by atoms with Gasteiger partial charge < -0.3 is 0 Å². The molecule has 0 amide bonds. The van der Waals surface area contributed by atoms with Gasteiger partial charge in [-0.15, -0.1) is 0 Å². The van der Waals surface area contributed by atoms with E-state index in [-0.39, 0.29) is 0 Å². The Labute approximate surface area is 76.7 Å². The molecule has 2 aliphatic carbocycles. The van der Waals surface area contributed by atoms with Crippen LogP contribution in [-0.2, 0) is 0 Å². The number of hydrogen-bond acceptors (Lipinski definition) is 0. The van der Waals surface area contributed by atoms with Crippen LogP contribution in [0, 0.1) is 17.3 Å². The lowest BCUT2D eigenvalue weighted by Gasteiger charge is -2.48. The Bertz CT molecular complexity index is 153. The van der Waals surface area contributed by atoms with Gasteiger partial charge in [-0.05, 0) is 42.9 Å². The van der Waals surface area contributed by atoms with Crippen LogP contribution in [0.2, 0.25) is 0 Å². The van der Waals surface area contributed by atoms with Gasteiger partial charge in [-0.1, -0.05) is 33.1 Å². The molecule has 2 aliphatic rings. The van der Waals surface area contributed by atoms with Crippen LogP contribution in [0.4, 0.5) is 0 Å². The zero-order valence-electron chi connectivity index (χ0n) is 8.60. The van der Waals surface area contributed by atoms with E-state index in [1.165, 1.54) is 19.3 Å². The number of rotatable bonds is 1. The molecule has 0 unspecified atom stereocenters. The Kier molecular flexibility index (Phi) is 2.18. The summed E-state index contributed by atoms with van der Waals surface area (Å²) in [7, 11) is 0. The largest absolute Gasteiger partial charge is 0.0625 e. The van der Waals surface area contributed by atoms with Gasteiger partial charge in [0.1, 0.15) is 0 Å². The second-order valence-corrected chi connectivity index (χ2v) is 5.45. The van der Waals surface area contributed by atoms with Crippen LogP contribution in [0.5, 0.6) is 0 Å². The molecule has 0 heteroatoms. The molecule has 0 aromatic carbocycles. The van der Waals surface area contributed by atoms with E-state index < -0.39 is 0 Å². The summed E-state index contributed by atoms with van der Waals surface area (Å²) in [6.07, 6.45) is 10.8. The molecule has 0 aromatic rings. The van der Waals surface area contributed by atoms with Gasteiger partial charge in [-0.3, -0.25) is 0 Å². The summed E-state index contributed by atoms with van der Waals surface area (Å²) in [5, 5.41) is 0. The van der Waals surface area contributed by atoms with E-state index in [4.69, 9.17) is 0 Å². The lowest BCUT2D eigenvalue weighted by atomic mass is 9.57. The fraction of sp³-hybridized carbons (Fsp3) is 1.00. The zero-order valence-corrected chi connectivity index (χ0v) is 8.60. The van der Waals surface area contributed by atoms with Crippen LogP contribution in [0.3, 0.4) is 0 Å². The van der Waals surface area contributed by atoms with Crippen LogP contribution in [0.1, 0.15) is 58.8 Å². The van der Waals surface area contributed by atoms with E-state index >= 15 is 0 Å². The van der Waals surface area contributed by atoms with Crippen molar-refractivity contribution in [1.82, 2.24) is 0 Å². The van der Waals surface area contributed by atoms with Crippen molar-refractivity contribution in [3.8, 4) is 0 Å². The zero-order chi connectivity index (χ0) is 8.60. The molecule has 0 heterocycles. The minimum absolute atomic E-state index is 0.854. The highest BCUT2D eigenvalue weighted by Gasteiger charge is 2.41. The van der Waals surface area contributed by atoms with Crippen LogP contribution in [0.25, 0.3) is 0 Å². The summed E-state index contributed by atoms with van der Waals surface area (Å²) in [6.45, 7) is 4.81. The molecular weight excluding hydrogens is 144 g/mol. The van der Waals surface area contributed by atoms with Crippen molar-refractivity contribution >= 4 is 0 Å². The maximum absolute atomic E-state index is 2.41. The standard InChI is InChI=1S/C12H22/c1-10(2)11-5-3-6-12(9-11)7-4-8-12/h10-11H,3-9H2,1-2H3/t11-/m1/s1. The minimum Gasteiger partial charge on any atom is -0.0625 e. The first-order valence-corrected chi connectivity index (χ1v) is 5.72. The Morgan fingerprint density at radius 3 is 2.25 bits per heavy atom. The average molecular weight is 166 g/mol. The fourth-order valence-corrected chi connectivity index (χ4v) is 3.20. The highest BCUT2D eigenvalue weighted by molar-refractivity contribution is 4.92. The smallest absolute Gasteiger partial charge is 0.0295 e. The molecule has 2 fully saturated rings. The molecule has 0 nitrogen and oxygen atoms in total. The van der Waals surface area contributed by atoms with Crippen molar-refractivity contribution in [2.75, 3.05) is 0 Å². The molecule has 1 spiro atoms. The lowest BCUT2D eigenvalue weighted by molar-refractivity contribution is 0.0325. The molecular formula is C12H22. The summed E-state index contributed by atoms with van der Waals surface area (Å²) >= 11 is 0. The van der Waals surface area contributed by atoms with Crippen molar-refractivity contribution in [2.24, 2.45) is 17.3 Å². The van der Waals surface area contributed by atoms with Crippen molar-refractivity contribution in [3.05, 3.63) is 0 Å². The van der Waals surface area contributed by atoms with E-state index in [2.05, 4.69) is 13.8 Å². The minimum atomic E-state index is 0.854. The Morgan fingerprint density at radius 2 is 1.75 bits per heavy atom. The van der Waals surface area contributed by atoms with Crippen molar-refractivity contribution in [1.29, 1.82) is 0 Å². The molecule has 12 heavy (non-hydrogen) atoms. The monoisotopic (exact) mass is 166 g/mol. The summed E-state index contributed by atoms with van der Waals surface area (Å²) < 4.78 is 0. The molecule has 0 aromatic heterocycles. The first kappa shape index (κ1) is 8.59. The Morgan fingerprint density at radius 1 is 1.08 bits per heavy atom. The van der Waals surface area contributed by atoms with E-state index in [0.29, 0.717) is 0 Å². The third kappa shape index (κ3) is 1.41. The first-order chi connectivity index (χ1) is 5.72. The van der Waals surface area contributed by atoms with Gasteiger partial charge in [0.05, 0.1) is 0 Å². The topological polar surface area (TPSA) is 0 Å². The Hall–Kier alpha value is 0. The van der Waals surface area contributed by atoms with E-state index in [1.54, 1.807) is 25.7 Å². The molecule has 70 valence electrons. The molecule has 0 bridgehead atoms. The average Bonchev–Trinajstić information content (AvgIpc) is 2.02. The second-order valence-electron chi connectivity index (χ2n) is 5.45. The summed E-state index contributed by atoms with van der Waals surface area (Å²) in [5.41, 5.74) is 0.854. The van der Waals surface area contributed by atoms with E-state index in [1.807, 2.05) is 0 Å². The quantitative estimate of drug-likeness (QED) is 0.552. The van der Waals surface area contributed by atoms with Crippen molar-refractivity contribution in [2.45, 2.75) is 58.8 Å². The molecule has 0 radical (unpaired) electrons. The first-order valence-electron chi connectivity index (χ1n) is 5.72. The normalized spacial score (nSPS) is 33.8. The SMILES string of the molecule is CC(C)[C@@H]1CCCC2(CCC2)C1. The molecule has 2 saturated carbocycles. The van der Waals surface area contributed by atoms with Crippen molar-refractivity contribution in [3.63, 3.8) is 0 Å². The van der Waals surface area contributed by atoms with E-state index in [9.17, 15) is 0 Å². The van der Waals surface area contributed by atoms with Crippen LogP contribution in [0.15, 0.2) is 0 Å². The number of hydrogen-bond donors (Lipinski definition) is 0. The van der Waals surface area contributed by atoms with Gasteiger partial charge in [-0.2, -0.15) is 0 Å². The molecule has 0 saturated heterocycles. The summed E-state index contributed by atoms with van der Waals surface area (Å²) in [6, 6.07) is 0. The lowest BCUT2D eigenvalue weighted by Crippen LogP contribution is -2.36. The van der Waals surface area contributed by atoms with Crippen molar-refractivity contribution < 1.29 is 0 Å². The molecule has 0 N–H and O–H groups in total. The van der Waals surface area contributed by atoms with E-state index in [0.717, 1.165) is 17.3 Å². The third-order valence-electron chi connectivity index (χ3n) is 4.33. The molecule has 1 atom stereocenters. The molecule has 2 rings (SSSR count). The molecule has 0 aliphatic heterocycles. The van der Waals surface area contributed by atoms with Crippen LogP contribution >= 0.6 is 0 Å². The fourth-order valence-electron chi connectivity index (χ4n) is 3.20. The van der Waals surface area contributed by atoms with Gasteiger partial charge in [0.15, 0.2) is 0 Å². The highest BCUT2D eigenvalue weighted by Crippen LogP contribution is 2.54. The Balaban J connectivity index is 1.94. The van der Waals surface area contributed by atoms with Crippen LogP contribution in [-0.4, -0.2) is 0 Å². The highest BCUT2D eigenvalue weighted by atomic mass is 14.5. The maximum Gasteiger partial charge on any atom is -0.0295 e. The van der Waals surface area contributed by atoms with Gasteiger partial charge in [0.25, 0.3) is 0 Å². The van der Waals surface area contributed by atoms with Gasteiger partial charge in [0.2, 0.25) is 0 Å². The summed E-state index contributed by atoms with van der Waals surface area (Å²) in [4.78, 5) is 0. The maximum atomic E-state index is 2.41. The second kappa shape index (κ2) is 3.05. The van der Waals surface area contributed by atoms with Crippen LogP contribution < -0.4 is 0 Å². The van der Waals surface area contributed by atoms with Gasteiger partial charge >= 0.3 is 0 Å².